The minimum Gasteiger partial charge on any atom is -0.261 e. The van der Waals surface area contributed by atoms with Gasteiger partial charge in [-0.3, -0.25) is 4.98 Å². The van der Waals surface area contributed by atoms with Crippen molar-refractivity contribution >= 4 is 15.9 Å². The fraction of sp³-hybridized carbons (Fsp3) is 0.500. The molecule has 66 valence electrons. The minimum atomic E-state index is 0.533. The Labute approximate surface area is 82.3 Å². The van der Waals surface area contributed by atoms with E-state index in [-0.39, 0.29) is 0 Å². The van der Waals surface area contributed by atoms with Crippen molar-refractivity contribution in [1.82, 2.24) is 4.98 Å². The minimum absolute atomic E-state index is 0.533. The molecule has 0 N–H and O–H groups in total. The van der Waals surface area contributed by atoms with Crippen LogP contribution in [0.3, 0.4) is 0 Å². The maximum absolute atomic E-state index is 4.33. The highest BCUT2D eigenvalue weighted by molar-refractivity contribution is 9.09. The zero-order chi connectivity index (χ0) is 8.97. The van der Waals surface area contributed by atoms with Crippen molar-refractivity contribution in [3.05, 3.63) is 30.1 Å². The van der Waals surface area contributed by atoms with Crippen LogP contribution in [-0.2, 0) is 0 Å². The summed E-state index contributed by atoms with van der Waals surface area (Å²) in [7, 11) is 0. The zero-order valence-corrected chi connectivity index (χ0v) is 9.08. The van der Waals surface area contributed by atoms with Crippen molar-refractivity contribution < 1.29 is 0 Å². The van der Waals surface area contributed by atoms with Crippen molar-refractivity contribution in [1.29, 1.82) is 0 Å². The fourth-order valence-electron chi connectivity index (χ4n) is 1.07. The lowest BCUT2D eigenvalue weighted by molar-refractivity contribution is 0.535. The van der Waals surface area contributed by atoms with Gasteiger partial charge in [0.25, 0.3) is 0 Å². The number of hydrogen-bond donors (Lipinski definition) is 0. The highest BCUT2D eigenvalue weighted by Crippen LogP contribution is 2.22. The molecule has 1 nitrogen and oxygen atoms in total. The molecule has 12 heavy (non-hydrogen) atoms. The second-order valence-electron chi connectivity index (χ2n) is 3.17. The number of alkyl halides is 1. The molecule has 1 heterocycles. The van der Waals surface area contributed by atoms with E-state index in [1.54, 1.807) is 0 Å². The summed E-state index contributed by atoms with van der Waals surface area (Å²) in [6.07, 6.45) is 1.85. The normalized spacial score (nSPS) is 15.6. The van der Waals surface area contributed by atoms with Crippen molar-refractivity contribution in [2.75, 3.05) is 5.33 Å². The van der Waals surface area contributed by atoms with E-state index in [1.165, 1.54) is 5.69 Å². The highest BCUT2D eigenvalue weighted by atomic mass is 79.9. The first kappa shape index (κ1) is 9.72. The molecule has 1 aromatic rings. The summed E-state index contributed by atoms with van der Waals surface area (Å²) in [6.45, 7) is 4.45. The van der Waals surface area contributed by atoms with Crippen molar-refractivity contribution in [3.8, 4) is 0 Å². The average molecular weight is 228 g/mol. The molecular weight excluding hydrogens is 214 g/mol. The van der Waals surface area contributed by atoms with Gasteiger partial charge in [0.15, 0.2) is 0 Å². The number of hydrogen-bond acceptors (Lipinski definition) is 1. The molecule has 0 aliphatic rings. The second kappa shape index (κ2) is 4.61. The Hall–Kier alpha value is -0.370. The zero-order valence-electron chi connectivity index (χ0n) is 7.50. The molecule has 0 saturated carbocycles. The smallest absolute Gasteiger partial charge is 0.0434 e. The predicted molar refractivity (Wildman–Crippen MR) is 55.6 cm³/mol. The molecule has 0 spiro atoms. The molecule has 2 atom stereocenters. The highest BCUT2D eigenvalue weighted by Gasteiger charge is 2.13. The predicted octanol–water partition coefficient (Wildman–Crippen LogP) is 3.22. The number of pyridine rings is 1. The van der Waals surface area contributed by atoms with E-state index in [9.17, 15) is 0 Å². The van der Waals surface area contributed by atoms with Gasteiger partial charge in [0.2, 0.25) is 0 Å². The molecule has 2 heteroatoms. The van der Waals surface area contributed by atoms with Crippen molar-refractivity contribution in [3.63, 3.8) is 0 Å². The number of halogens is 1. The van der Waals surface area contributed by atoms with Gasteiger partial charge in [-0.25, -0.2) is 0 Å². The summed E-state index contributed by atoms with van der Waals surface area (Å²) in [6, 6.07) is 6.08. The van der Waals surface area contributed by atoms with Gasteiger partial charge in [-0.15, -0.1) is 0 Å². The Morgan fingerprint density at radius 2 is 2.17 bits per heavy atom. The van der Waals surface area contributed by atoms with Crippen LogP contribution in [0.4, 0.5) is 0 Å². The molecule has 0 aliphatic heterocycles. The molecular formula is C10H14BrN. The summed E-state index contributed by atoms with van der Waals surface area (Å²) in [5.41, 5.74) is 1.18. The van der Waals surface area contributed by atoms with E-state index in [0.717, 1.165) is 5.33 Å². The van der Waals surface area contributed by atoms with Gasteiger partial charge >= 0.3 is 0 Å². The molecule has 0 fully saturated rings. The van der Waals surface area contributed by atoms with E-state index in [0.29, 0.717) is 11.8 Å². The largest absolute Gasteiger partial charge is 0.261 e. The summed E-state index contributed by atoms with van der Waals surface area (Å²) in [5.74, 6) is 1.17. The van der Waals surface area contributed by atoms with Gasteiger partial charge < -0.3 is 0 Å². The number of nitrogens with zero attached hydrogens (tertiary/aromatic N) is 1. The van der Waals surface area contributed by atoms with E-state index in [4.69, 9.17) is 0 Å². The standard InChI is InChI=1S/C10H14BrN/c1-8(7-11)9(2)10-5-3-4-6-12-10/h3-6,8-9H,7H2,1-2H3. The quantitative estimate of drug-likeness (QED) is 0.724. The Morgan fingerprint density at radius 3 is 2.67 bits per heavy atom. The molecule has 0 bridgehead atoms. The molecule has 0 radical (unpaired) electrons. The van der Waals surface area contributed by atoms with E-state index < -0.39 is 0 Å². The lowest BCUT2D eigenvalue weighted by Crippen LogP contribution is -2.08. The maximum Gasteiger partial charge on any atom is 0.0434 e. The Bertz CT molecular complexity index is 223. The van der Waals surface area contributed by atoms with Crippen LogP contribution >= 0.6 is 15.9 Å². The number of rotatable bonds is 3. The molecule has 0 saturated heterocycles. The monoisotopic (exact) mass is 227 g/mol. The molecule has 0 aliphatic carbocycles. The third kappa shape index (κ3) is 2.31. The summed E-state index contributed by atoms with van der Waals surface area (Å²) >= 11 is 3.48. The van der Waals surface area contributed by atoms with Crippen LogP contribution in [0.2, 0.25) is 0 Å². The lowest BCUT2D eigenvalue weighted by Gasteiger charge is -2.16. The lowest BCUT2D eigenvalue weighted by atomic mass is 9.94. The van der Waals surface area contributed by atoms with Crippen LogP contribution in [0.15, 0.2) is 24.4 Å². The average Bonchev–Trinajstić information content (AvgIpc) is 2.17. The fourth-order valence-corrected chi connectivity index (χ4v) is 1.63. The van der Waals surface area contributed by atoms with Crippen LogP contribution in [-0.4, -0.2) is 10.3 Å². The van der Waals surface area contributed by atoms with Gasteiger partial charge in [-0.1, -0.05) is 35.8 Å². The van der Waals surface area contributed by atoms with E-state index in [2.05, 4.69) is 40.8 Å². The van der Waals surface area contributed by atoms with Gasteiger partial charge in [-0.05, 0) is 18.1 Å². The van der Waals surface area contributed by atoms with Gasteiger partial charge in [-0.2, -0.15) is 0 Å². The Kier molecular flexibility index (Phi) is 3.73. The second-order valence-corrected chi connectivity index (χ2v) is 3.82. The third-order valence-corrected chi connectivity index (χ3v) is 3.27. The number of aromatic nitrogens is 1. The first-order valence-corrected chi connectivity index (χ1v) is 5.34. The molecule has 1 rings (SSSR count). The topological polar surface area (TPSA) is 12.9 Å². The summed E-state index contributed by atoms with van der Waals surface area (Å²) < 4.78 is 0. The molecule has 2 unspecified atom stereocenters. The van der Waals surface area contributed by atoms with Crippen LogP contribution in [0.25, 0.3) is 0 Å². The van der Waals surface area contributed by atoms with Gasteiger partial charge in [0.05, 0.1) is 0 Å². The van der Waals surface area contributed by atoms with Crippen LogP contribution in [0.1, 0.15) is 25.5 Å². The maximum atomic E-state index is 4.33. The van der Waals surface area contributed by atoms with E-state index in [1.807, 2.05) is 18.3 Å². The van der Waals surface area contributed by atoms with Crippen LogP contribution < -0.4 is 0 Å². The first-order valence-electron chi connectivity index (χ1n) is 4.22. The van der Waals surface area contributed by atoms with Crippen LogP contribution in [0, 0.1) is 5.92 Å². The van der Waals surface area contributed by atoms with Gasteiger partial charge in [0, 0.05) is 23.1 Å². The molecule has 0 amide bonds. The SMILES string of the molecule is CC(CBr)C(C)c1ccccn1. The Balaban J connectivity index is 2.71. The summed E-state index contributed by atoms with van der Waals surface area (Å²) in [5, 5.41) is 1.03. The van der Waals surface area contributed by atoms with Crippen molar-refractivity contribution in [2.45, 2.75) is 19.8 Å². The molecule has 1 aromatic heterocycles. The van der Waals surface area contributed by atoms with Crippen LogP contribution in [0.5, 0.6) is 0 Å². The third-order valence-electron chi connectivity index (χ3n) is 2.25. The summed E-state index contributed by atoms with van der Waals surface area (Å²) in [4.78, 5) is 4.33. The molecule has 0 aromatic carbocycles. The van der Waals surface area contributed by atoms with E-state index >= 15 is 0 Å². The Morgan fingerprint density at radius 1 is 1.42 bits per heavy atom. The van der Waals surface area contributed by atoms with Gasteiger partial charge in [0.1, 0.15) is 0 Å². The van der Waals surface area contributed by atoms with Crippen molar-refractivity contribution in [2.24, 2.45) is 5.92 Å². The first-order chi connectivity index (χ1) is 5.75.